The molecule has 0 fully saturated rings. The van der Waals surface area contributed by atoms with Crippen LogP contribution in [-0.4, -0.2) is 0 Å². The van der Waals surface area contributed by atoms with Crippen molar-refractivity contribution in [3.05, 3.63) is 21.0 Å². The molecule has 0 nitrogen and oxygen atoms in total. The molecule has 0 unspecified atom stereocenters. The molecule has 106 valence electrons. The first-order chi connectivity index (χ1) is 7.61. The molecule has 0 heterocycles. The molecular weight excluding hydrogens is 385 g/mol. The van der Waals surface area contributed by atoms with E-state index in [1.807, 2.05) is 0 Å². The van der Waals surface area contributed by atoms with Gasteiger partial charge in [0, 0.05) is 0 Å². The molecule has 1 rings (SSSR count). The molecule has 0 atom stereocenters. The average Bonchev–Trinajstić information content (AvgIpc) is 2.40. The Morgan fingerprint density at radius 1 is 0.833 bits per heavy atom. The number of hydrogen-bond acceptors (Lipinski definition) is 0. The molecule has 0 aromatic carbocycles. The van der Waals surface area contributed by atoms with Crippen molar-refractivity contribution >= 4 is 0 Å². The van der Waals surface area contributed by atoms with E-state index >= 15 is 0 Å². The van der Waals surface area contributed by atoms with E-state index in [4.69, 9.17) is 0 Å². The molecule has 0 amide bonds. The van der Waals surface area contributed by atoms with E-state index in [1.165, 1.54) is 6.42 Å². The molecule has 0 radical (unpaired) electrons. The van der Waals surface area contributed by atoms with Crippen molar-refractivity contribution in [1.82, 2.24) is 0 Å². The molecule has 18 heavy (non-hydrogen) atoms. The van der Waals surface area contributed by atoms with E-state index in [9.17, 15) is 0 Å². The molecule has 0 saturated heterocycles. The van der Waals surface area contributed by atoms with Gasteiger partial charge < -0.3 is 0 Å². The van der Waals surface area contributed by atoms with Gasteiger partial charge in [0.15, 0.2) is 0 Å². The molecular formula is C17H33Ta. The van der Waals surface area contributed by atoms with Crippen LogP contribution in [0.5, 0.6) is 0 Å². The summed E-state index contributed by atoms with van der Waals surface area (Å²) in [6.07, 6.45) is 3.70. The van der Waals surface area contributed by atoms with E-state index < -0.39 is 15.8 Å². The third kappa shape index (κ3) is 3.40. The maximum atomic E-state index is 2.58. The van der Waals surface area contributed by atoms with Gasteiger partial charge in [0.1, 0.15) is 0 Å². The topological polar surface area (TPSA) is 0 Å². The Morgan fingerprint density at radius 2 is 1.28 bits per heavy atom. The second-order valence-corrected chi connectivity index (χ2v) is 37.0. The Morgan fingerprint density at radius 3 is 1.56 bits per heavy atom. The third-order valence-electron chi connectivity index (χ3n) is 3.66. The van der Waals surface area contributed by atoms with Gasteiger partial charge in [-0.2, -0.15) is 0 Å². The summed E-state index contributed by atoms with van der Waals surface area (Å²) in [5.74, 6) is 0. The van der Waals surface area contributed by atoms with E-state index in [0.717, 1.165) is 0 Å². The number of rotatable bonds is 1. The van der Waals surface area contributed by atoms with Crippen LogP contribution in [0.4, 0.5) is 0 Å². The predicted molar refractivity (Wildman–Crippen MR) is 82.1 cm³/mol. The van der Waals surface area contributed by atoms with Crippen LogP contribution in [0.2, 0.25) is 20.6 Å². The number of allylic oxidation sites excluding steroid dienone is 4. The second-order valence-electron chi connectivity index (χ2n) is 9.73. The van der Waals surface area contributed by atoms with Crippen molar-refractivity contribution in [2.75, 3.05) is 0 Å². The molecule has 0 bridgehead atoms. The Labute approximate surface area is 116 Å². The Bertz CT molecular complexity index is 402. The summed E-state index contributed by atoms with van der Waals surface area (Å²) in [6.45, 7) is 14.2. The summed E-state index contributed by atoms with van der Waals surface area (Å²) in [6, 6.07) is 0. The Balaban J connectivity index is 3.53. The molecule has 1 aliphatic rings. The van der Waals surface area contributed by atoms with E-state index in [2.05, 4.69) is 68.2 Å². The van der Waals surface area contributed by atoms with Gasteiger partial charge >= 0.3 is 116 Å². The van der Waals surface area contributed by atoms with Crippen molar-refractivity contribution in [2.45, 2.75) is 68.5 Å². The first kappa shape index (κ1) is 16.3. The van der Waals surface area contributed by atoms with Gasteiger partial charge in [-0.05, 0) is 0 Å². The molecule has 0 aliphatic heterocycles. The van der Waals surface area contributed by atoms with Crippen LogP contribution in [0.15, 0.2) is 21.0 Å². The van der Waals surface area contributed by atoms with E-state index in [-0.39, 0.29) is 5.41 Å². The maximum absolute atomic E-state index is 2.72. The zero-order valence-electron chi connectivity index (χ0n) is 14.2. The average molecular weight is 418 g/mol. The van der Waals surface area contributed by atoms with Crippen molar-refractivity contribution in [3.63, 3.8) is 0 Å². The summed E-state index contributed by atoms with van der Waals surface area (Å²) >= 11 is -2.72. The van der Waals surface area contributed by atoms with Gasteiger partial charge in [-0.25, -0.2) is 0 Å². The molecule has 1 aliphatic carbocycles. The summed E-state index contributed by atoms with van der Waals surface area (Å²) in [5, 5.41) is 10.3. The molecule has 1 heteroatoms. The fourth-order valence-electron chi connectivity index (χ4n) is 2.90. The van der Waals surface area contributed by atoms with Gasteiger partial charge in [0.05, 0.1) is 0 Å². The fourth-order valence-corrected chi connectivity index (χ4v) is 13.3. The number of hydrogen-bond donors (Lipinski definition) is 0. The molecule has 0 N–H and O–H groups in total. The first-order valence-corrected chi connectivity index (χ1v) is 21.5. The SMILES string of the molecule is CC(C)(C)C1=CCC(C(C)(C)C)=[C]1[Ta]([CH3])([CH3])([CH3])[CH3]. The van der Waals surface area contributed by atoms with Crippen molar-refractivity contribution in [3.8, 4) is 0 Å². The minimum absolute atomic E-state index is 0.288. The predicted octanol–water partition coefficient (Wildman–Crippen LogP) is 6.54. The quantitative estimate of drug-likeness (QED) is 0.453. The Hall–Kier alpha value is 0.220. The summed E-state index contributed by atoms with van der Waals surface area (Å²) < 4.78 is 1.81. The van der Waals surface area contributed by atoms with Crippen LogP contribution < -0.4 is 0 Å². The zero-order valence-corrected chi connectivity index (χ0v) is 17.4. The third-order valence-corrected chi connectivity index (χ3v) is 11.9. The van der Waals surface area contributed by atoms with Gasteiger partial charge in [-0.3, -0.25) is 0 Å². The van der Waals surface area contributed by atoms with Crippen molar-refractivity contribution in [1.29, 1.82) is 0 Å². The molecule has 0 aromatic heterocycles. The summed E-state index contributed by atoms with van der Waals surface area (Å²) in [5.41, 5.74) is 3.97. The standard InChI is InChI=1S/C13H21.4CH3.Ta/c1-12(2,3)10-7-8-11(9-10)13(4,5)6;;;;;/h7H,8H2,1-6H3;4*1H3;. The molecule has 0 spiro atoms. The van der Waals surface area contributed by atoms with Crippen LogP contribution in [0, 0.1) is 10.8 Å². The summed E-state index contributed by atoms with van der Waals surface area (Å²) in [4.78, 5) is 0. The van der Waals surface area contributed by atoms with Gasteiger partial charge in [-0.1, -0.05) is 0 Å². The van der Waals surface area contributed by atoms with Crippen molar-refractivity contribution < 1.29 is 15.8 Å². The van der Waals surface area contributed by atoms with E-state index in [1.54, 1.807) is 14.9 Å². The van der Waals surface area contributed by atoms with Crippen LogP contribution >= 0.6 is 0 Å². The van der Waals surface area contributed by atoms with Crippen LogP contribution in [0.25, 0.3) is 0 Å². The van der Waals surface area contributed by atoms with Crippen LogP contribution in [0.3, 0.4) is 0 Å². The fraction of sp³-hybridized carbons (Fsp3) is 0.765. The Kier molecular flexibility index (Phi) is 3.71. The first-order valence-electron chi connectivity index (χ1n) is 7.06. The van der Waals surface area contributed by atoms with Gasteiger partial charge in [0.2, 0.25) is 0 Å². The monoisotopic (exact) mass is 418 g/mol. The van der Waals surface area contributed by atoms with Crippen LogP contribution in [0.1, 0.15) is 48.0 Å². The molecule has 0 aromatic rings. The van der Waals surface area contributed by atoms with Gasteiger partial charge in [0.25, 0.3) is 0 Å². The van der Waals surface area contributed by atoms with Crippen molar-refractivity contribution in [2.24, 2.45) is 10.8 Å². The normalized spacial score (nSPS) is 20.8. The second kappa shape index (κ2) is 4.11. The van der Waals surface area contributed by atoms with Crippen LogP contribution in [-0.2, 0) is 15.8 Å². The van der Waals surface area contributed by atoms with Gasteiger partial charge in [-0.15, -0.1) is 0 Å². The minimum atomic E-state index is -2.72. The van der Waals surface area contributed by atoms with E-state index in [0.29, 0.717) is 5.41 Å². The molecule has 0 saturated carbocycles. The zero-order chi connectivity index (χ0) is 14.6. The summed E-state index contributed by atoms with van der Waals surface area (Å²) in [7, 11) is 0.